The summed E-state index contributed by atoms with van der Waals surface area (Å²) in [5, 5.41) is 4.21. The van der Waals surface area contributed by atoms with Crippen molar-refractivity contribution in [2.75, 3.05) is 18.0 Å². The summed E-state index contributed by atoms with van der Waals surface area (Å²) in [4.78, 5) is 30.3. The molecule has 1 aromatic heterocycles. The number of rotatable bonds is 5. The summed E-state index contributed by atoms with van der Waals surface area (Å²) >= 11 is 0. The molecule has 0 bridgehead atoms. The molecule has 3 aromatic carbocycles. The molecule has 0 radical (unpaired) electrons. The van der Waals surface area contributed by atoms with Crippen molar-refractivity contribution in [1.82, 2.24) is 10.3 Å². The van der Waals surface area contributed by atoms with Gasteiger partial charge in [-0.25, -0.2) is 0 Å². The fourth-order valence-electron chi connectivity index (χ4n) is 4.46. The van der Waals surface area contributed by atoms with Gasteiger partial charge in [0.1, 0.15) is 5.75 Å². The van der Waals surface area contributed by atoms with E-state index in [9.17, 15) is 9.59 Å². The molecule has 2 heterocycles. The van der Waals surface area contributed by atoms with Gasteiger partial charge in [0.25, 0.3) is 5.91 Å². The number of nitrogens with zero attached hydrogens (tertiary/aromatic N) is 1. The first-order valence-corrected chi connectivity index (χ1v) is 11.0. The first kappa shape index (κ1) is 20.8. The molecule has 166 valence electrons. The van der Waals surface area contributed by atoms with Gasteiger partial charge < -0.3 is 19.9 Å². The van der Waals surface area contributed by atoms with Crippen LogP contribution >= 0.6 is 0 Å². The van der Waals surface area contributed by atoms with Gasteiger partial charge in [0, 0.05) is 36.5 Å². The average Bonchev–Trinajstić information content (AvgIpc) is 3.28. The minimum absolute atomic E-state index is 0.0360. The molecule has 2 N–H and O–H groups in total. The Kier molecular flexibility index (Phi) is 5.57. The van der Waals surface area contributed by atoms with Crippen molar-refractivity contribution >= 4 is 28.4 Å². The summed E-state index contributed by atoms with van der Waals surface area (Å²) in [5.41, 5.74) is 3.99. The summed E-state index contributed by atoms with van der Waals surface area (Å²) in [6, 6.07) is 25.6. The highest BCUT2D eigenvalue weighted by Gasteiger charge is 2.33. The van der Waals surface area contributed by atoms with E-state index in [2.05, 4.69) is 28.5 Å². The third kappa shape index (κ3) is 4.07. The fraction of sp³-hybridized carbons (Fsp3) is 0.185. The SMILES string of the molecule is CC(=O)N1C[C@@H](C(=O)NC[C@H](c2ccccc2)c2c[nH]c3ccccc23)Oc2ccccc21. The van der Waals surface area contributed by atoms with E-state index in [0.717, 1.165) is 22.0 Å². The lowest BCUT2D eigenvalue weighted by molar-refractivity contribution is -0.128. The third-order valence-corrected chi connectivity index (χ3v) is 6.13. The molecular weight excluding hydrogens is 414 g/mol. The second kappa shape index (κ2) is 8.82. The van der Waals surface area contributed by atoms with Crippen LogP contribution in [-0.4, -0.2) is 36.0 Å². The summed E-state index contributed by atoms with van der Waals surface area (Å²) in [5.74, 6) is 0.141. The van der Waals surface area contributed by atoms with Gasteiger partial charge in [-0.15, -0.1) is 0 Å². The normalized spacial score (nSPS) is 16.0. The lowest BCUT2D eigenvalue weighted by atomic mass is 9.91. The Labute approximate surface area is 192 Å². The zero-order chi connectivity index (χ0) is 22.8. The monoisotopic (exact) mass is 439 g/mol. The number of fused-ring (bicyclic) bond motifs is 2. The second-order valence-corrected chi connectivity index (χ2v) is 8.20. The zero-order valence-electron chi connectivity index (χ0n) is 18.3. The van der Waals surface area contributed by atoms with Crippen LogP contribution in [0.2, 0.25) is 0 Å². The highest BCUT2D eigenvalue weighted by molar-refractivity contribution is 5.96. The van der Waals surface area contributed by atoms with E-state index in [0.29, 0.717) is 18.0 Å². The van der Waals surface area contributed by atoms with Gasteiger partial charge in [-0.1, -0.05) is 60.7 Å². The van der Waals surface area contributed by atoms with Crippen LogP contribution < -0.4 is 15.0 Å². The molecule has 0 fully saturated rings. The molecule has 4 aromatic rings. The van der Waals surface area contributed by atoms with Gasteiger partial charge in [-0.3, -0.25) is 9.59 Å². The van der Waals surface area contributed by atoms with Crippen molar-refractivity contribution in [2.24, 2.45) is 0 Å². The van der Waals surface area contributed by atoms with Crippen molar-refractivity contribution < 1.29 is 14.3 Å². The minimum Gasteiger partial charge on any atom is -0.477 e. The first-order valence-electron chi connectivity index (χ1n) is 11.0. The molecule has 0 saturated carbocycles. The molecule has 1 aliphatic heterocycles. The number of anilines is 1. The maximum Gasteiger partial charge on any atom is 0.263 e. The lowest BCUT2D eigenvalue weighted by Crippen LogP contribution is -2.50. The number of para-hydroxylation sites is 3. The highest BCUT2D eigenvalue weighted by Crippen LogP contribution is 2.34. The van der Waals surface area contributed by atoms with Gasteiger partial charge in [0.2, 0.25) is 5.91 Å². The van der Waals surface area contributed by atoms with Crippen molar-refractivity contribution in [2.45, 2.75) is 18.9 Å². The molecular formula is C27H25N3O3. The van der Waals surface area contributed by atoms with Crippen LogP contribution in [0.5, 0.6) is 5.75 Å². The number of amides is 2. The zero-order valence-corrected chi connectivity index (χ0v) is 18.3. The number of aromatic amines is 1. The van der Waals surface area contributed by atoms with E-state index in [4.69, 9.17) is 4.74 Å². The van der Waals surface area contributed by atoms with Crippen LogP contribution in [0.3, 0.4) is 0 Å². The van der Waals surface area contributed by atoms with Crippen LogP contribution in [0.4, 0.5) is 5.69 Å². The Hall–Kier alpha value is -4.06. The number of nitrogens with one attached hydrogen (secondary N) is 2. The lowest BCUT2D eigenvalue weighted by Gasteiger charge is -2.33. The van der Waals surface area contributed by atoms with E-state index in [-0.39, 0.29) is 24.3 Å². The Morgan fingerprint density at radius 1 is 1.03 bits per heavy atom. The number of carbonyl (C=O) groups excluding carboxylic acids is 2. The number of benzene rings is 3. The van der Waals surface area contributed by atoms with E-state index in [1.807, 2.05) is 60.8 Å². The quantitative estimate of drug-likeness (QED) is 0.489. The predicted molar refractivity (Wildman–Crippen MR) is 128 cm³/mol. The summed E-state index contributed by atoms with van der Waals surface area (Å²) < 4.78 is 5.96. The van der Waals surface area contributed by atoms with Crippen LogP contribution in [0.15, 0.2) is 85.1 Å². The Bertz CT molecular complexity index is 1300. The van der Waals surface area contributed by atoms with Crippen LogP contribution in [0.1, 0.15) is 24.0 Å². The minimum atomic E-state index is -0.775. The van der Waals surface area contributed by atoms with E-state index >= 15 is 0 Å². The van der Waals surface area contributed by atoms with E-state index < -0.39 is 6.10 Å². The van der Waals surface area contributed by atoms with Gasteiger partial charge in [0.15, 0.2) is 6.10 Å². The number of H-pyrrole nitrogens is 1. The van der Waals surface area contributed by atoms with E-state index in [1.165, 1.54) is 6.92 Å². The first-order chi connectivity index (χ1) is 16.1. The molecule has 33 heavy (non-hydrogen) atoms. The van der Waals surface area contributed by atoms with E-state index in [1.54, 1.807) is 11.0 Å². The summed E-state index contributed by atoms with van der Waals surface area (Å²) in [6.45, 7) is 2.09. The van der Waals surface area contributed by atoms with Crippen molar-refractivity contribution in [3.63, 3.8) is 0 Å². The molecule has 1 aliphatic rings. The van der Waals surface area contributed by atoms with Gasteiger partial charge in [-0.05, 0) is 29.3 Å². The number of ether oxygens (including phenoxy) is 1. The summed E-state index contributed by atoms with van der Waals surface area (Å²) in [6.07, 6.45) is 1.24. The highest BCUT2D eigenvalue weighted by atomic mass is 16.5. The number of hydrogen-bond donors (Lipinski definition) is 2. The standard InChI is InChI=1S/C27H25N3O3/c1-18(31)30-17-26(33-25-14-8-7-13-24(25)30)27(32)29-15-21(19-9-3-2-4-10-19)22-16-28-23-12-6-5-11-20(22)23/h2-14,16,21,26,28H,15,17H2,1H3,(H,29,32)/t21-,26+/m1/s1. The van der Waals surface area contributed by atoms with Gasteiger partial charge in [0.05, 0.1) is 12.2 Å². The Morgan fingerprint density at radius 3 is 2.58 bits per heavy atom. The topological polar surface area (TPSA) is 74.4 Å². The Balaban J connectivity index is 1.39. The number of carbonyl (C=O) groups is 2. The average molecular weight is 440 g/mol. The molecule has 0 aliphatic carbocycles. The molecule has 0 unspecified atom stereocenters. The van der Waals surface area contributed by atoms with Crippen molar-refractivity contribution in [3.8, 4) is 5.75 Å². The maximum atomic E-state index is 13.2. The fourth-order valence-corrected chi connectivity index (χ4v) is 4.46. The maximum absolute atomic E-state index is 13.2. The predicted octanol–water partition coefficient (Wildman–Crippen LogP) is 4.23. The molecule has 2 amide bonds. The van der Waals surface area contributed by atoms with Gasteiger partial charge >= 0.3 is 0 Å². The molecule has 6 heteroatoms. The Morgan fingerprint density at radius 2 is 1.76 bits per heavy atom. The third-order valence-electron chi connectivity index (χ3n) is 6.13. The van der Waals surface area contributed by atoms with Crippen LogP contribution in [-0.2, 0) is 9.59 Å². The van der Waals surface area contributed by atoms with Crippen LogP contribution in [0.25, 0.3) is 10.9 Å². The van der Waals surface area contributed by atoms with Crippen molar-refractivity contribution in [3.05, 3.63) is 96.2 Å². The number of hydrogen-bond acceptors (Lipinski definition) is 3. The van der Waals surface area contributed by atoms with Crippen molar-refractivity contribution in [1.29, 1.82) is 0 Å². The molecule has 6 nitrogen and oxygen atoms in total. The molecule has 0 saturated heterocycles. The van der Waals surface area contributed by atoms with Crippen LogP contribution in [0, 0.1) is 0 Å². The molecule has 5 rings (SSSR count). The molecule has 0 spiro atoms. The summed E-state index contributed by atoms with van der Waals surface area (Å²) in [7, 11) is 0. The second-order valence-electron chi connectivity index (χ2n) is 8.20. The number of aromatic nitrogens is 1. The largest absolute Gasteiger partial charge is 0.477 e. The van der Waals surface area contributed by atoms with Gasteiger partial charge in [-0.2, -0.15) is 0 Å². The smallest absolute Gasteiger partial charge is 0.263 e. The molecule has 2 atom stereocenters.